The third kappa shape index (κ3) is 3.15. The maximum atomic E-state index is 11.9. The molecule has 0 amide bonds. The number of aryl methyl sites for hydroxylation is 1. The molecule has 0 bridgehead atoms. The minimum Gasteiger partial charge on any atom is -0.292 e. The van der Waals surface area contributed by atoms with Crippen molar-refractivity contribution in [3.05, 3.63) is 29.6 Å². The number of nitrogens with zero attached hydrogens (tertiary/aromatic N) is 1. The second-order valence-electron chi connectivity index (χ2n) is 3.24. The number of hydrogen-bond donors (Lipinski definition) is 0. The molecule has 16 heavy (non-hydrogen) atoms. The van der Waals surface area contributed by atoms with Gasteiger partial charge in [0.1, 0.15) is 5.69 Å². The number of rotatable bonds is 3. The van der Waals surface area contributed by atoms with E-state index in [9.17, 15) is 22.8 Å². The van der Waals surface area contributed by atoms with E-state index in [1.54, 1.807) is 6.92 Å². The number of ketones is 2. The fourth-order valence-corrected chi connectivity index (χ4v) is 0.969. The van der Waals surface area contributed by atoms with Crippen LogP contribution in [-0.4, -0.2) is 22.7 Å². The lowest BCUT2D eigenvalue weighted by Crippen LogP contribution is -2.25. The van der Waals surface area contributed by atoms with Gasteiger partial charge in [-0.05, 0) is 18.6 Å². The van der Waals surface area contributed by atoms with Crippen molar-refractivity contribution in [2.75, 3.05) is 0 Å². The molecule has 1 aromatic rings. The van der Waals surface area contributed by atoms with E-state index in [0.717, 1.165) is 5.56 Å². The number of carbonyl (C=O) groups excluding carboxylic acids is 2. The van der Waals surface area contributed by atoms with E-state index < -0.39 is 24.2 Å². The molecule has 0 aromatic carbocycles. The molecule has 1 aromatic heterocycles. The fraction of sp³-hybridized carbons (Fsp3) is 0.300. The number of halogens is 3. The predicted octanol–water partition coefficient (Wildman–Crippen LogP) is 2.09. The quantitative estimate of drug-likeness (QED) is 0.591. The lowest BCUT2D eigenvalue weighted by Gasteiger charge is -2.03. The van der Waals surface area contributed by atoms with Crippen LogP contribution in [0.15, 0.2) is 18.3 Å². The summed E-state index contributed by atoms with van der Waals surface area (Å²) in [7, 11) is 0. The van der Waals surface area contributed by atoms with Crippen molar-refractivity contribution in [3.63, 3.8) is 0 Å². The highest BCUT2D eigenvalue weighted by Crippen LogP contribution is 2.18. The van der Waals surface area contributed by atoms with Gasteiger partial charge in [0.05, 0.1) is 6.42 Å². The molecule has 0 radical (unpaired) electrons. The number of aromatic nitrogens is 1. The van der Waals surface area contributed by atoms with Gasteiger partial charge >= 0.3 is 6.18 Å². The second-order valence-corrected chi connectivity index (χ2v) is 3.24. The summed E-state index contributed by atoms with van der Waals surface area (Å²) in [5, 5.41) is 0. The molecule has 3 nitrogen and oxygen atoms in total. The van der Waals surface area contributed by atoms with Crippen LogP contribution in [0.4, 0.5) is 13.2 Å². The molecule has 0 N–H and O–H groups in total. The molecule has 0 aliphatic heterocycles. The van der Waals surface area contributed by atoms with Crippen LogP contribution in [0.2, 0.25) is 0 Å². The Kier molecular flexibility index (Phi) is 3.41. The van der Waals surface area contributed by atoms with Crippen molar-refractivity contribution in [2.24, 2.45) is 0 Å². The minimum absolute atomic E-state index is 0.136. The van der Waals surface area contributed by atoms with Gasteiger partial charge in [0.2, 0.25) is 5.78 Å². The molecular weight excluding hydrogens is 223 g/mol. The highest BCUT2D eigenvalue weighted by molar-refractivity contribution is 6.08. The van der Waals surface area contributed by atoms with Gasteiger partial charge in [-0.2, -0.15) is 13.2 Å². The Morgan fingerprint density at radius 2 is 1.94 bits per heavy atom. The SMILES string of the molecule is Cc1ccc(C(=O)CC(=O)C(F)(F)F)nc1. The molecule has 0 saturated heterocycles. The van der Waals surface area contributed by atoms with Gasteiger partial charge in [0, 0.05) is 6.20 Å². The summed E-state index contributed by atoms with van der Waals surface area (Å²) in [5.74, 6) is -2.98. The average Bonchev–Trinajstić information content (AvgIpc) is 2.17. The van der Waals surface area contributed by atoms with Gasteiger partial charge in [0.15, 0.2) is 5.78 Å². The Hall–Kier alpha value is -1.72. The average molecular weight is 231 g/mol. The van der Waals surface area contributed by atoms with Crippen LogP contribution in [0.25, 0.3) is 0 Å². The minimum atomic E-state index is -4.97. The lowest BCUT2D eigenvalue weighted by molar-refractivity contribution is -0.170. The van der Waals surface area contributed by atoms with Gasteiger partial charge in [-0.15, -0.1) is 0 Å². The van der Waals surface area contributed by atoms with Crippen molar-refractivity contribution in [1.29, 1.82) is 0 Å². The predicted molar refractivity (Wildman–Crippen MR) is 49.0 cm³/mol. The van der Waals surface area contributed by atoms with E-state index in [4.69, 9.17) is 0 Å². The fourth-order valence-electron chi connectivity index (χ4n) is 0.969. The molecular formula is C10H8F3NO2. The second kappa shape index (κ2) is 4.42. The Morgan fingerprint density at radius 1 is 1.31 bits per heavy atom. The summed E-state index contributed by atoms with van der Waals surface area (Å²) in [6, 6.07) is 2.83. The summed E-state index contributed by atoms with van der Waals surface area (Å²) in [5.41, 5.74) is 0.641. The van der Waals surface area contributed by atoms with E-state index >= 15 is 0 Å². The number of carbonyl (C=O) groups is 2. The van der Waals surface area contributed by atoms with Crippen LogP contribution < -0.4 is 0 Å². The van der Waals surface area contributed by atoms with Crippen molar-refractivity contribution in [3.8, 4) is 0 Å². The Bertz CT molecular complexity index is 409. The summed E-state index contributed by atoms with van der Waals surface area (Å²) in [4.78, 5) is 25.4. The van der Waals surface area contributed by atoms with Crippen molar-refractivity contribution in [1.82, 2.24) is 4.98 Å². The highest BCUT2D eigenvalue weighted by Gasteiger charge is 2.39. The number of pyridine rings is 1. The molecule has 0 unspecified atom stereocenters. The van der Waals surface area contributed by atoms with Crippen LogP contribution >= 0.6 is 0 Å². The Labute approximate surface area is 89.3 Å². The first-order valence-electron chi connectivity index (χ1n) is 4.36. The van der Waals surface area contributed by atoms with Crippen LogP contribution in [0, 0.1) is 6.92 Å². The van der Waals surface area contributed by atoms with Gasteiger partial charge in [-0.1, -0.05) is 6.07 Å². The first-order valence-corrected chi connectivity index (χ1v) is 4.36. The number of Topliss-reactive ketones (excluding diaryl/α,β-unsaturated/α-hetero) is 2. The van der Waals surface area contributed by atoms with E-state index in [0.29, 0.717) is 0 Å². The van der Waals surface area contributed by atoms with Crippen LogP contribution in [0.5, 0.6) is 0 Å². The molecule has 0 atom stereocenters. The zero-order chi connectivity index (χ0) is 12.3. The Balaban J connectivity index is 2.74. The molecule has 0 aliphatic carbocycles. The van der Waals surface area contributed by atoms with E-state index in [-0.39, 0.29) is 5.69 Å². The van der Waals surface area contributed by atoms with Gasteiger partial charge in [0.25, 0.3) is 0 Å². The smallest absolute Gasteiger partial charge is 0.292 e. The summed E-state index contributed by atoms with van der Waals surface area (Å²) in [6.07, 6.45) is -4.81. The van der Waals surface area contributed by atoms with Crippen LogP contribution in [0.1, 0.15) is 22.5 Å². The molecule has 86 valence electrons. The maximum Gasteiger partial charge on any atom is 0.450 e. The molecule has 0 aliphatic rings. The van der Waals surface area contributed by atoms with Crippen molar-refractivity contribution < 1.29 is 22.8 Å². The van der Waals surface area contributed by atoms with Gasteiger partial charge < -0.3 is 0 Å². The molecule has 1 heterocycles. The van der Waals surface area contributed by atoms with Crippen LogP contribution in [0.3, 0.4) is 0 Å². The Morgan fingerprint density at radius 3 is 2.38 bits per heavy atom. The standard InChI is InChI=1S/C10H8F3NO2/c1-6-2-3-7(14-5-6)8(15)4-9(16)10(11,12)13/h2-3,5H,4H2,1H3. The largest absolute Gasteiger partial charge is 0.450 e. The first-order chi connectivity index (χ1) is 7.30. The molecule has 1 rings (SSSR count). The van der Waals surface area contributed by atoms with E-state index in [2.05, 4.69) is 4.98 Å². The summed E-state index contributed by atoms with van der Waals surface area (Å²) >= 11 is 0. The normalized spacial score (nSPS) is 11.2. The van der Waals surface area contributed by atoms with Gasteiger partial charge in [-0.25, -0.2) is 0 Å². The zero-order valence-electron chi connectivity index (χ0n) is 8.34. The monoisotopic (exact) mass is 231 g/mol. The number of alkyl halides is 3. The third-order valence-corrected chi connectivity index (χ3v) is 1.83. The maximum absolute atomic E-state index is 11.9. The zero-order valence-corrected chi connectivity index (χ0v) is 8.34. The van der Waals surface area contributed by atoms with E-state index in [1.165, 1.54) is 18.3 Å². The lowest BCUT2D eigenvalue weighted by atomic mass is 10.1. The topological polar surface area (TPSA) is 47.0 Å². The van der Waals surface area contributed by atoms with Gasteiger partial charge in [-0.3, -0.25) is 14.6 Å². The highest BCUT2D eigenvalue weighted by atomic mass is 19.4. The third-order valence-electron chi connectivity index (χ3n) is 1.83. The van der Waals surface area contributed by atoms with Crippen molar-refractivity contribution in [2.45, 2.75) is 19.5 Å². The molecule has 0 saturated carbocycles. The first kappa shape index (κ1) is 12.4. The van der Waals surface area contributed by atoms with E-state index in [1.807, 2.05) is 0 Å². The number of hydrogen-bond acceptors (Lipinski definition) is 3. The van der Waals surface area contributed by atoms with Crippen molar-refractivity contribution >= 4 is 11.6 Å². The molecule has 0 fully saturated rings. The van der Waals surface area contributed by atoms with Crippen LogP contribution in [-0.2, 0) is 4.79 Å². The molecule has 6 heteroatoms. The summed E-state index contributed by atoms with van der Waals surface area (Å²) < 4.78 is 35.6. The molecule has 0 spiro atoms. The summed E-state index contributed by atoms with van der Waals surface area (Å²) in [6.45, 7) is 1.72.